The minimum Gasteiger partial charge on any atom is -0.354 e. The lowest BCUT2D eigenvalue weighted by Gasteiger charge is -2.26. The van der Waals surface area contributed by atoms with E-state index in [2.05, 4.69) is 52.8 Å². The molecule has 5 rings (SSSR count). The summed E-state index contributed by atoms with van der Waals surface area (Å²) in [5.74, 6) is -0.0707. The smallest absolute Gasteiger partial charge is 0.258 e. The maximum absolute atomic E-state index is 13.0. The second kappa shape index (κ2) is 9.01. The topological polar surface area (TPSA) is 44.4 Å². The standard InChI is InChI=1S/C28H29N3O/c1-20-10-15-25-24(18-20)26(28(32)30-25)27(22-8-4-2-5-9-22)29-23-13-11-21(12-14-23)19-31-16-6-3-7-17-31/h2,4-5,8-15,18,29H,3,6-7,16-17,19H2,1H3,(H,30,32)/b27-26-. The first-order valence-electron chi connectivity index (χ1n) is 11.5. The number of piperidine rings is 1. The second-order valence-corrected chi connectivity index (χ2v) is 8.78. The summed E-state index contributed by atoms with van der Waals surface area (Å²) in [6, 6.07) is 24.8. The van der Waals surface area contributed by atoms with Crippen molar-refractivity contribution >= 4 is 28.6 Å². The van der Waals surface area contributed by atoms with E-state index in [0.29, 0.717) is 5.57 Å². The fourth-order valence-electron chi connectivity index (χ4n) is 4.63. The molecule has 1 fully saturated rings. The van der Waals surface area contributed by atoms with Gasteiger partial charge in [0.05, 0.1) is 11.3 Å². The molecule has 0 unspecified atom stereocenters. The number of anilines is 2. The minimum absolute atomic E-state index is 0.0707. The number of benzene rings is 3. The number of hydrogen-bond acceptors (Lipinski definition) is 3. The molecule has 32 heavy (non-hydrogen) atoms. The highest BCUT2D eigenvalue weighted by Gasteiger charge is 2.28. The van der Waals surface area contributed by atoms with Crippen LogP contribution in [0.25, 0.3) is 11.3 Å². The normalized spacial score (nSPS) is 17.6. The summed E-state index contributed by atoms with van der Waals surface area (Å²) < 4.78 is 0. The van der Waals surface area contributed by atoms with Crippen LogP contribution in [0, 0.1) is 6.92 Å². The van der Waals surface area contributed by atoms with Crippen LogP contribution >= 0.6 is 0 Å². The lowest BCUT2D eigenvalue weighted by molar-refractivity contribution is -0.110. The number of hydrogen-bond donors (Lipinski definition) is 2. The molecule has 2 N–H and O–H groups in total. The summed E-state index contributed by atoms with van der Waals surface area (Å²) in [6.45, 7) is 5.44. The Morgan fingerprint density at radius 2 is 1.69 bits per heavy atom. The van der Waals surface area contributed by atoms with E-state index in [-0.39, 0.29) is 5.91 Å². The first kappa shape index (κ1) is 20.5. The molecule has 0 aromatic heterocycles. The average molecular weight is 424 g/mol. The van der Waals surface area contributed by atoms with Gasteiger partial charge in [-0.3, -0.25) is 9.69 Å². The Kier molecular flexibility index (Phi) is 5.78. The van der Waals surface area contributed by atoms with Gasteiger partial charge in [-0.2, -0.15) is 0 Å². The van der Waals surface area contributed by atoms with Crippen LogP contribution in [0.4, 0.5) is 11.4 Å². The fourth-order valence-corrected chi connectivity index (χ4v) is 4.63. The Balaban J connectivity index is 1.48. The van der Waals surface area contributed by atoms with Gasteiger partial charge in [0, 0.05) is 23.5 Å². The van der Waals surface area contributed by atoms with Gasteiger partial charge >= 0.3 is 0 Å². The van der Waals surface area contributed by atoms with E-state index in [0.717, 1.165) is 40.3 Å². The van der Waals surface area contributed by atoms with Crippen molar-refractivity contribution in [3.05, 3.63) is 95.1 Å². The Hall–Kier alpha value is -3.37. The van der Waals surface area contributed by atoms with Crippen LogP contribution in [-0.2, 0) is 11.3 Å². The van der Waals surface area contributed by atoms with Crippen molar-refractivity contribution in [2.24, 2.45) is 0 Å². The molecule has 4 nitrogen and oxygen atoms in total. The highest BCUT2D eigenvalue weighted by Crippen LogP contribution is 2.38. The van der Waals surface area contributed by atoms with Gasteiger partial charge < -0.3 is 10.6 Å². The van der Waals surface area contributed by atoms with Crippen molar-refractivity contribution in [2.75, 3.05) is 23.7 Å². The third kappa shape index (κ3) is 4.32. The zero-order chi connectivity index (χ0) is 21.9. The molecular weight excluding hydrogens is 394 g/mol. The zero-order valence-electron chi connectivity index (χ0n) is 18.5. The van der Waals surface area contributed by atoms with E-state index >= 15 is 0 Å². The first-order chi connectivity index (χ1) is 15.7. The van der Waals surface area contributed by atoms with Crippen molar-refractivity contribution < 1.29 is 4.79 Å². The molecular formula is C28H29N3O. The molecule has 1 amide bonds. The minimum atomic E-state index is -0.0707. The molecule has 162 valence electrons. The summed E-state index contributed by atoms with van der Waals surface area (Å²) >= 11 is 0. The van der Waals surface area contributed by atoms with Crippen LogP contribution in [0.3, 0.4) is 0 Å². The van der Waals surface area contributed by atoms with Crippen LogP contribution in [0.1, 0.15) is 41.5 Å². The molecule has 2 aliphatic rings. The van der Waals surface area contributed by atoms with E-state index in [9.17, 15) is 4.79 Å². The highest BCUT2D eigenvalue weighted by molar-refractivity contribution is 6.37. The van der Waals surface area contributed by atoms with Crippen LogP contribution in [0.5, 0.6) is 0 Å². The van der Waals surface area contributed by atoms with E-state index in [1.807, 2.05) is 42.5 Å². The molecule has 2 aliphatic heterocycles. The Bertz CT molecular complexity index is 1140. The van der Waals surface area contributed by atoms with E-state index in [4.69, 9.17) is 0 Å². The largest absolute Gasteiger partial charge is 0.354 e. The third-order valence-electron chi connectivity index (χ3n) is 6.31. The van der Waals surface area contributed by atoms with Gasteiger partial charge in [0.15, 0.2) is 0 Å². The molecule has 4 heteroatoms. The second-order valence-electron chi connectivity index (χ2n) is 8.78. The van der Waals surface area contributed by atoms with Crippen LogP contribution in [-0.4, -0.2) is 23.9 Å². The van der Waals surface area contributed by atoms with Gasteiger partial charge in [0.2, 0.25) is 0 Å². The number of carbonyl (C=O) groups is 1. The van der Waals surface area contributed by atoms with Gasteiger partial charge in [-0.25, -0.2) is 0 Å². The molecule has 3 aromatic carbocycles. The van der Waals surface area contributed by atoms with Gasteiger partial charge in [0.1, 0.15) is 0 Å². The quantitative estimate of drug-likeness (QED) is 0.501. The Labute approximate surface area is 190 Å². The summed E-state index contributed by atoms with van der Waals surface area (Å²) in [5, 5.41) is 6.59. The van der Waals surface area contributed by atoms with Gasteiger partial charge in [0.25, 0.3) is 5.91 Å². The number of nitrogens with zero attached hydrogens (tertiary/aromatic N) is 1. The van der Waals surface area contributed by atoms with Crippen molar-refractivity contribution in [2.45, 2.75) is 32.7 Å². The summed E-state index contributed by atoms with van der Waals surface area (Å²) in [6.07, 6.45) is 3.96. The molecule has 2 heterocycles. The maximum atomic E-state index is 13.0. The van der Waals surface area contributed by atoms with Crippen LogP contribution in [0.2, 0.25) is 0 Å². The fraction of sp³-hybridized carbons (Fsp3) is 0.250. The predicted octanol–water partition coefficient (Wildman–Crippen LogP) is 5.91. The van der Waals surface area contributed by atoms with E-state index in [1.165, 1.54) is 37.9 Å². The van der Waals surface area contributed by atoms with Gasteiger partial charge in [-0.15, -0.1) is 0 Å². The Morgan fingerprint density at radius 1 is 0.938 bits per heavy atom. The maximum Gasteiger partial charge on any atom is 0.258 e. The predicted molar refractivity (Wildman–Crippen MR) is 132 cm³/mol. The molecule has 0 spiro atoms. The van der Waals surface area contributed by atoms with Crippen molar-refractivity contribution in [3.8, 4) is 0 Å². The van der Waals surface area contributed by atoms with Gasteiger partial charge in [-0.05, 0) is 68.2 Å². The number of amides is 1. The molecule has 0 bridgehead atoms. The third-order valence-corrected chi connectivity index (χ3v) is 6.31. The molecule has 0 saturated carbocycles. The highest BCUT2D eigenvalue weighted by atomic mass is 16.2. The van der Waals surface area contributed by atoms with Crippen molar-refractivity contribution in [1.29, 1.82) is 0 Å². The monoisotopic (exact) mass is 423 g/mol. The molecule has 1 saturated heterocycles. The first-order valence-corrected chi connectivity index (χ1v) is 11.5. The molecule has 0 radical (unpaired) electrons. The van der Waals surface area contributed by atoms with Crippen molar-refractivity contribution in [3.63, 3.8) is 0 Å². The lowest BCUT2D eigenvalue weighted by Crippen LogP contribution is -2.29. The number of nitrogens with one attached hydrogen (secondary N) is 2. The molecule has 3 aromatic rings. The molecule has 0 atom stereocenters. The zero-order valence-corrected chi connectivity index (χ0v) is 18.5. The summed E-state index contributed by atoms with van der Waals surface area (Å²) in [7, 11) is 0. The number of fused-ring (bicyclic) bond motifs is 1. The van der Waals surface area contributed by atoms with Crippen molar-refractivity contribution in [1.82, 2.24) is 4.90 Å². The van der Waals surface area contributed by atoms with Crippen LogP contribution < -0.4 is 10.6 Å². The Morgan fingerprint density at radius 3 is 2.44 bits per heavy atom. The number of rotatable bonds is 5. The van der Waals surface area contributed by atoms with Crippen LogP contribution in [0.15, 0.2) is 72.8 Å². The SMILES string of the molecule is Cc1ccc2c(c1)/C(=C(/Nc1ccc(CN3CCCCC3)cc1)c1ccccc1)C(=O)N2. The number of aryl methyl sites for hydroxylation is 1. The summed E-state index contributed by atoms with van der Waals surface area (Å²) in [4.78, 5) is 15.5. The van der Waals surface area contributed by atoms with E-state index < -0.39 is 0 Å². The average Bonchev–Trinajstić information content (AvgIpc) is 3.14. The molecule has 0 aliphatic carbocycles. The van der Waals surface area contributed by atoms with Gasteiger partial charge in [-0.1, -0.05) is 60.5 Å². The number of carbonyl (C=O) groups excluding carboxylic acids is 1. The summed E-state index contributed by atoms with van der Waals surface area (Å²) in [5.41, 5.74) is 7.75. The lowest BCUT2D eigenvalue weighted by atomic mass is 9.98. The number of likely N-dealkylation sites (tertiary alicyclic amines) is 1. The van der Waals surface area contributed by atoms with E-state index in [1.54, 1.807) is 0 Å².